The molecule has 2 unspecified atom stereocenters. The van der Waals surface area contributed by atoms with Crippen molar-refractivity contribution in [1.82, 2.24) is 15.0 Å². The fraction of sp³-hybridized carbons (Fsp3) is 0.350. The van der Waals surface area contributed by atoms with Gasteiger partial charge in [-0.25, -0.2) is 4.98 Å². The number of anilines is 3. The van der Waals surface area contributed by atoms with Crippen LogP contribution in [0.15, 0.2) is 41.3 Å². The maximum Gasteiger partial charge on any atom is 0.261 e. The molecule has 7 heteroatoms. The van der Waals surface area contributed by atoms with Gasteiger partial charge in [-0.1, -0.05) is 12.1 Å². The minimum atomic E-state index is -0.214. The first-order valence-electron chi connectivity index (χ1n) is 9.34. The van der Waals surface area contributed by atoms with Crippen LogP contribution in [0.4, 0.5) is 17.5 Å². The van der Waals surface area contributed by atoms with Crippen molar-refractivity contribution >= 4 is 28.4 Å². The molecule has 1 aliphatic rings. The third-order valence-corrected chi connectivity index (χ3v) is 4.95. The van der Waals surface area contributed by atoms with Gasteiger partial charge in [0.2, 0.25) is 5.95 Å². The summed E-state index contributed by atoms with van der Waals surface area (Å²) in [5.74, 6) is 1.01. The van der Waals surface area contributed by atoms with Gasteiger partial charge < -0.3 is 21.4 Å². The number of aryl methyl sites for hydroxylation is 1. The molecule has 4 rings (SSSR count). The van der Waals surface area contributed by atoms with Crippen molar-refractivity contribution in [2.45, 2.75) is 44.7 Å². The van der Waals surface area contributed by atoms with Crippen LogP contribution in [0.5, 0.6) is 0 Å². The Morgan fingerprint density at radius 1 is 1.22 bits per heavy atom. The molecule has 1 aromatic carbocycles. The number of pyridine rings is 1. The predicted molar refractivity (Wildman–Crippen MR) is 108 cm³/mol. The molecule has 7 nitrogen and oxygen atoms in total. The zero-order valence-corrected chi connectivity index (χ0v) is 15.3. The van der Waals surface area contributed by atoms with Crippen molar-refractivity contribution in [3.63, 3.8) is 0 Å². The summed E-state index contributed by atoms with van der Waals surface area (Å²) in [5, 5.41) is 7.13. The van der Waals surface area contributed by atoms with Crippen molar-refractivity contribution in [3.05, 3.63) is 52.4 Å². The summed E-state index contributed by atoms with van der Waals surface area (Å²) in [5.41, 5.74) is 8.49. The summed E-state index contributed by atoms with van der Waals surface area (Å²) in [7, 11) is 0. The van der Waals surface area contributed by atoms with Crippen molar-refractivity contribution in [2.24, 2.45) is 5.73 Å². The third-order valence-electron chi connectivity index (χ3n) is 4.95. The second-order valence-electron chi connectivity index (χ2n) is 7.23. The van der Waals surface area contributed by atoms with Crippen LogP contribution in [-0.4, -0.2) is 27.0 Å². The molecule has 0 spiro atoms. The highest BCUT2D eigenvalue weighted by atomic mass is 16.1. The minimum absolute atomic E-state index is 0.212. The number of nitrogens with one attached hydrogen (secondary N) is 3. The Balaban J connectivity index is 1.72. The standard InChI is InChI=1S/C20H24N6O/c1-12-4-2-6-14(10-12)23-18-17-16(8-9-22-19(17)27)25-20(26-18)24-15-7-3-5-13(21)11-15/h2,4,6,8-10,13,15H,3,5,7,11,21H2,1H3,(H,22,27)(H2,23,24,25,26). The van der Waals surface area contributed by atoms with E-state index in [1.165, 1.54) is 0 Å². The zero-order chi connectivity index (χ0) is 18.8. The number of rotatable bonds is 4. The molecule has 0 amide bonds. The van der Waals surface area contributed by atoms with E-state index in [4.69, 9.17) is 5.73 Å². The topological polar surface area (TPSA) is 109 Å². The first kappa shape index (κ1) is 17.5. The Morgan fingerprint density at radius 3 is 2.93 bits per heavy atom. The first-order valence-corrected chi connectivity index (χ1v) is 9.34. The highest BCUT2D eigenvalue weighted by Gasteiger charge is 2.20. The summed E-state index contributed by atoms with van der Waals surface area (Å²) in [6.45, 7) is 2.02. The Bertz CT molecular complexity index is 1010. The number of nitrogens with two attached hydrogens (primary N) is 1. The van der Waals surface area contributed by atoms with Gasteiger partial charge >= 0.3 is 0 Å². The van der Waals surface area contributed by atoms with E-state index >= 15 is 0 Å². The van der Waals surface area contributed by atoms with Gasteiger partial charge in [0.1, 0.15) is 11.2 Å². The average molecular weight is 364 g/mol. The molecule has 0 aliphatic heterocycles. The first-order chi connectivity index (χ1) is 13.1. The van der Waals surface area contributed by atoms with E-state index in [-0.39, 0.29) is 17.6 Å². The molecule has 1 fully saturated rings. The van der Waals surface area contributed by atoms with Crippen LogP contribution in [0.2, 0.25) is 0 Å². The lowest BCUT2D eigenvalue weighted by molar-refractivity contribution is 0.408. The van der Waals surface area contributed by atoms with E-state index in [1.54, 1.807) is 12.3 Å². The minimum Gasteiger partial charge on any atom is -0.351 e. The molecular formula is C20H24N6O. The summed E-state index contributed by atoms with van der Waals surface area (Å²) < 4.78 is 0. The van der Waals surface area contributed by atoms with Crippen LogP contribution in [0.3, 0.4) is 0 Å². The molecule has 3 aromatic rings. The van der Waals surface area contributed by atoms with E-state index in [9.17, 15) is 4.79 Å². The molecule has 27 heavy (non-hydrogen) atoms. The average Bonchev–Trinajstić information content (AvgIpc) is 2.61. The number of benzene rings is 1. The molecule has 0 radical (unpaired) electrons. The Kier molecular flexibility index (Phi) is 4.77. The van der Waals surface area contributed by atoms with E-state index in [1.807, 2.05) is 31.2 Å². The molecule has 2 atom stereocenters. The van der Waals surface area contributed by atoms with E-state index in [0.717, 1.165) is 36.9 Å². The van der Waals surface area contributed by atoms with Crippen LogP contribution in [-0.2, 0) is 0 Å². The molecule has 5 N–H and O–H groups in total. The van der Waals surface area contributed by atoms with Crippen LogP contribution in [0, 0.1) is 6.92 Å². The SMILES string of the molecule is Cc1cccc(Nc2nc(NC3CCCC(N)C3)nc3cc[nH]c(=O)c23)c1. The van der Waals surface area contributed by atoms with Gasteiger partial charge in [0.25, 0.3) is 5.56 Å². The van der Waals surface area contributed by atoms with Crippen LogP contribution < -0.4 is 21.9 Å². The Labute approximate surface area is 157 Å². The lowest BCUT2D eigenvalue weighted by atomic mass is 9.92. The predicted octanol–water partition coefficient (Wildman–Crippen LogP) is 3.05. The largest absolute Gasteiger partial charge is 0.351 e. The Morgan fingerprint density at radius 2 is 2.11 bits per heavy atom. The lowest BCUT2D eigenvalue weighted by Gasteiger charge is -2.27. The van der Waals surface area contributed by atoms with Gasteiger partial charge in [0, 0.05) is 24.0 Å². The molecule has 2 heterocycles. The van der Waals surface area contributed by atoms with Gasteiger partial charge in [-0.05, 0) is 56.4 Å². The van der Waals surface area contributed by atoms with Crippen molar-refractivity contribution < 1.29 is 0 Å². The summed E-state index contributed by atoms with van der Waals surface area (Å²) in [4.78, 5) is 24.3. The van der Waals surface area contributed by atoms with Crippen LogP contribution in [0.25, 0.3) is 10.9 Å². The summed E-state index contributed by atoms with van der Waals surface area (Å²) >= 11 is 0. The zero-order valence-electron chi connectivity index (χ0n) is 15.3. The smallest absolute Gasteiger partial charge is 0.261 e. The molecule has 0 saturated heterocycles. The van der Waals surface area contributed by atoms with Crippen molar-refractivity contribution in [1.29, 1.82) is 0 Å². The fourth-order valence-electron chi connectivity index (χ4n) is 3.65. The van der Waals surface area contributed by atoms with E-state index in [2.05, 4.69) is 25.6 Å². The van der Waals surface area contributed by atoms with Crippen LogP contribution >= 0.6 is 0 Å². The Hall–Kier alpha value is -2.93. The number of hydrogen-bond acceptors (Lipinski definition) is 6. The highest BCUT2D eigenvalue weighted by molar-refractivity contribution is 5.90. The van der Waals surface area contributed by atoms with Crippen molar-refractivity contribution in [3.8, 4) is 0 Å². The maximum atomic E-state index is 12.4. The molecule has 2 aromatic heterocycles. The van der Waals surface area contributed by atoms with Gasteiger partial charge in [-0.2, -0.15) is 4.98 Å². The monoisotopic (exact) mass is 364 g/mol. The number of fused-ring (bicyclic) bond motifs is 1. The highest BCUT2D eigenvalue weighted by Crippen LogP contribution is 2.25. The van der Waals surface area contributed by atoms with Gasteiger partial charge in [-0.3, -0.25) is 4.79 Å². The quantitative estimate of drug-likeness (QED) is 0.567. The second-order valence-corrected chi connectivity index (χ2v) is 7.23. The maximum absolute atomic E-state index is 12.4. The normalized spacial score (nSPS) is 19.8. The fourth-order valence-corrected chi connectivity index (χ4v) is 3.65. The van der Waals surface area contributed by atoms with Crippen molar-refractivity contribution in [2.75, 3.05) is 10.6 Å². The van der Waals surface area contributed by atoms with Crippen LogP contribution in [0.1, 0.15) is 31.2 Å². The molecule has 0 bridgehead atoms. The number of aromatic nitrogens is 3. The van der Waals surface area contributed by atoms with Gasteiger partial charge in [0.05, 0.1) is 5.52 Å². The van der Waals surface area contributed by atoms with Gasteiger partial charge in [0.15, 0.2) is 0 Å². The molecule has 1 aliphatic carbocycles. The lowest BCUT2D eigenvalue weighted by Crippen LogP contribution is -2.35. The summed E-state index contributed by atoms with van der Waals surface area (Å²) in [6.07, 6.45) is 5.71. The van der Waals surface area contributed by atoms with Gasteiger partial charge in [-0.15, -0.1) is 0 Å². The van der Waals surface area contributed by atoms with E-state index in [0.29, 0.717) is 22.7 Å². The third kappa shape index (κ3) is 3.93. The second kappa shape index (κ2) is 7.36. The number of H-pyrrole nitrogens is 1. The molecular weight excluding hydrogens is 340 g/mol. The molecule has 1 saturated carbocycles. The number of hydrogen-bond donors (Lipinski definition) is 4. The molecule has 140 valence electrons. The number of nitrogens with zero attached hydrogens (tertiary/aromatic N) is 2. The summed E-state index contributed by atoms with van der Waals surface area (Å²) in [6, 6.07) is 10.2. The van der Waals surface area contributed by atoms with E-state index < -0.39 is 0 Å². The number of aromatic amines is 1.